The molecule has 72 valence electrons. The van der Waals surface area contributed by atoms with E-state index in [-0.39, 0.29) is 6.01 Å². The summed E-state index contributed by atoms with van der Waals surface area (Å²) < 4.78 is 10.3. The Morgan fingerprint density at radius 2 is 2.46 bits per heavy atom. The van der Waals surface area contributed by atoms with Crippen LogP contribution >= 0.6 is 0 Å². The van der Waals surface area contributed by atoms with Crippen molar-refractivity contribution in [3.63, 3.8) is 0 Å². The third-order valence-electron chi connectivity index (χ3n) is 2.24. The Hall–Kier alpha value is -1.14. The summed E-state index contributed by atoms with van der Waals surface area (Å²) in [6, 6.07) is 0.215. The summed E-state index contributed by atoms with van der Waals surface area (Å²) in [7, 11) is 0. The lowest BCUT2D eigenvalue weighted by Crippen LogP contribution is -2.21. The van der Waals surface area contributed by atoms with Crippen LogP contribution in [-0.2, 0) is 10.3 Å². The molecule has 0 aliphatic carbocycles. The van der Waals surface area contributed by atoms with Crippen molar-refractivity contribution in [2.45, 2.75) is 25.4 Å². The van der Waals surface area contributed by atoms with E-state index in [1.807, 2.05) is 6.92 Å². The Balaban J connectivity index is 2.23. The second-order valence-corrected chi connectivity index (χ2v) is 3.25. The first kappa shape index (κ1) is 8.46. The molecule has 0 amide bonds. The number of nitrogens with two attached hydrogens (primary N) is 1. The first-order chi connectivity index (χ1) is 6.24. The molecule has 1 saturated heterocycles. The van der Waals surface area contributed by atoms with Gasteiger partial charge in [0.1, 0.15) is 5.60 Å². The maximum atomic E-state index is 5.53. The number of hydrogen-bond acceptors (Lipinski definition) is 6. The van der Waals surface area contributed by atoms with Crippen LogP contribution in [0.15, 0.2) is 4.52 Å². The fourth-order valence-corrected chi connectivity index (χ4v) is 1.45. The van der Waals surface area contributed by atoms with Crippen molar-refractivity contribution >= 4 is 6.01 Å². The minimum atomic E-state index is -0.404. The molecule has 1 aliphatic heterocycles. The highest BCUT2D eigenvalue weighted by atomic mass is 16.5. The van der Waals surface area contributed by atoms with Gasteiger partial charge in [-0.3, -0.25) is 5.43 Å². The predicted octanol–water partition coefficient (Wildman–Crippen LogP) is 0.381. The first-order valence-electron chi connectivity index (χ1n) is 4.19. The Labute approximate surface area is 75.4 Å². The fraction of sp³-hybridized carbons (Fsp3) is 0.714. The highest BCUT2D eigenvalue weighted by molar-refractivity contribution is 5.17. The minimum Gasteiger partial charge on any atom is -0.367 e. The fourth-order valence-electron chi connectivity index (χ4n) is 1.45. The van der Waals surface area contributed by atoms with E-state index in [1.54, 1.807) is 0 Å². The van der Waals surface area contributed by atoms with Gasteiger partial charge in [-0.05, 0) is 19.8 Å². The molecule has 0 spiro atoms. The van der Waals surface area contributed by atoms with Crippen molar-refractivity contribution in [2.75, 3.05) is 12.0 Å². The van der Waals surface area contributed by atoms with Crippen LogP contribution in [0.2, 0.25) is 0 Å². The zero-order valence-corrected chi connectivity index (χ0v) is 7.41. The van der Waals surface area contributed by atoms with Crippen molar-refractivity contribution in [3.05, 3.63) is 5.82 Å². The summed E-state index contributed by atoms with van der Waals surface area (Å²) >= 11 is 0. The second-order valence-electron chi connectivity index (χ2n) is 3.25. The van der Waals surface area contributed by atoms with Crippen molar-refractivity contribution < 1.29 is 9.26 Å². The number of nitrogen functional groups attached to an aromatic ring is 1. The second kappa shape index (κ2) is 2.97. The molecule has 6 nitrogen and oxygen atoms in total. The van der Waals surface area contributed by atoms with Crippen molar-refractivity contribution in [1.29, 1.82) is 0 Å². The van der Waals surface area contributed by atoms with Gasteiger partial charge in [0, 0.05) is 6.61 Å². The molecule has 2 heterocycles. The molecule has 1 unspecified atom stereocenters. The zero-order chi connectivity index (χ0) is 9.31. The van der Waals surface area contributed by atoms with E-state index in [0.29, 0.717) is 5.82 Å². The lowest BCUT2D eigenvalue weighted by atomic mass is 10.0. The summed E-state index contributed by atoms with van der Waals surface area (Å²) in [6.07, 6.45) is 1.94. The molecule has 3 N–H and O–H groups in total. The Bertz CT molecular complexity index is 292. The standard InChI is InChI=1S/C7H12N4O2/c1-7(3-2-4-12-7)5-9-6(10-8)13-11-5/h2-4,8H2,1H3,(H,9,10,11). The number of anilines is 1. The van der Waals surface area contributed by atoms with Gasteiger partial charge in [-0.25, -0.2) is 5.84 Å². The molecule has 2 rings (SSSR count). The summed E-state index contributed by atoms with van der Waals surface area (Å²) in [4.78, 5) is 4.04. The highest BCUT2D eigenvalue weighted by Crippen LogP contribution is 2.33. The minimum absolute atomic E-state index is 0.215. The van der Waals surface area contributed by atoms with Crippen LogP contribution in [0.25, 0.3) is 0 Å². The van der Waals surface area contributed by atoms with Gasteiger partial charge in [0.05, 0.1) is 0 Å². The van der Waals surface area contributed by atoms with Crippen LogP contribution in [0.5, 0.6) is 0 Å². The summed E-state index contributed by atoms with van der Waals surface area (Å²) in [5, 5.41) is 3.79. The van der Waals surface area contributed by atoms with Crippen molar-refractivity contribution in [1.82, 2.24) is 10.1 Å². The number of nitrogens with one attached hydrogen (secondary N) is 1. The molecule has 0 saturated carbocycles. The zero-order valence-electron chi connectivity index (χ0n) is 7.41. The summed E-state index contributed by atoms with van der Waals surface area (Å²) in [5.41, 5.74) is 1.89. The summed E-state index contributed by atoms with van der Waals surface area (Å²) in [5.74, 6) is 5.67. The van der Waals surface area contributed by atoms with Crippen molar-refractivity contribution in [2.24, 2.45) is 5.84 Å². The van der Waals surface area contributed by atoms with E-state index in [0.717, 1.165) is 19.4 Å². The molecule has 1 aromatic heterocycles. The van der Waals surface area contributed by atoms with Crippen LogP contribution in [0.4, 0.5) is 6.01 Å². The van der Waals surface area contributed by atoms with E-state index in [4.69, 9.17) is 15.1 Å². The monoisotopic (exact) mass is 184 g/mol. The summed E-state index contributed by atoms with van der Waals surface area (Å²) in [6.45, 7) is 2.70. The molecular weight excluding hydrogens is 172 g/mol. The van der Waals surface area contributed by atoms with Gasteiger partial charge >= 0.3 is 6.01 Å². The van der Waals surface area contributed by atoms with Gasteiger partial charge in [0.25, 0.3) is 0 Å². The van der Waals surface area contributed by atoms with Gasteiger partial charge in [-0.15, -0.1) is 0 Å². The molecule has 13 heavy (non-hydrogen) atoms. The van der Waals surface area contributed by atoms with Crippen LogP contribution in [0.3, 0.4) is 0 Å². The van der Waals surface area contributed by atoms with Crippen LogP contribution in [0.1, 0.15) is 25.6 Å². The molecule has 1 atom stereocenters. The average molecular weight is 184 g/mol. The number of aromatic nitrogens is 2. The van der Waals surface area contributed by atoms with Gasteiger partial charge in [-0.1, -0.05) is 5.16 Å². The normalized spacial score (nSPS) is 27.8. The Morgan fingerprint density at radius 1 is 1.62 bits per heavy atom. The lowest BCUT2D eigenvalue weighted by molar-refractivity contribution is 0.00768. The Kier molecular flexibility index (Phi) is 1.93. The largest absolute Gasteiger partial charge is 0.367 e. The molecule has 1 aromatic rings. The third kappa shape index (κ3) is 1.38. The smallest absolute Gasteiger partial charge is 0.335 e. The lowest BCUT2D eigenvalue weighted by Gasteiger charge is -2.17. The molecule has 0 bridgehead atoms. The SMILES string of the molecule is CC1(c2noc(NN)n2)CCCO1. The van der Waals surface area contributed by atoms with Gasteiger partial charge in [0.15, 0.2) is 0 Å². The number of nitrogens with zero attached hydrogens (tertiary/aromatic N) is 2. The molecule has 6 heteroatoms. The topological polar surface area (TPSA) is 86.2 Å². The van der Waals surface area contributed by atoms with E-state index in [2.05, 4.69) is 15.6 Å². The molecule has 1 fully saturated rings. The van der Waals surface area contributed by atoms with E-state index in [9.17, 15) is 0 Å². The Morgan fingerprint density at radius 3 is 3.00 bits per heavy atom. The maximum absolute atomic E-state index is 5.53. The molecule has 0 aromatic carbocycles. The van der Waals surface area contributed by atoms with Gasteiger partial charge < -0.3 is 9.26 Å². The first-order valence-corrected chi connectivity index (χ1v) is 4.19. The average Bonchev–Trinajstić information content (AvgIpc) is 2.72. The van der Waals surface area contributed by atoms with Crippen LogP contribution in [0, 0.1) is 0 Å². The number of ether oxygens (including phenoxy) is 1. The maximum Gasteiger partial charge on any atom is 0.335 e. The van der Waals surface area contributed by atoms with Crippen LogP contribution in [-0.4, -0.2) is 16.7 Å². The van der Waals surface area contributed by atoms with E-state index in [1.165, 1.54) is 0 Å². The van der Waals surface area contributed by atoms with Gasteiger partial charge in [0.2, 0.25) is 5.82 Å². The highest BCUT2D eigenvalue weighted by Gasteiger charge is 2.36. The third-order valence-corrected chi connectivity index (χ3v) is 2.24. The number of hydrogen-bond donors (Lipinski definition) is 2. The quantitative estimate of drug-likeness (QED) is 0.510. The van der Waals surface area contributed by atoms with Crippen molar-refractivity contribution in [3.8, 4) is 0 Å². The van der Waals surface area contributed by atoms with E-state index < -0.39 is 5.60 Å². The van der Waals surface area contributed by atoms with Gasteiger partial charge in [-0.2, -0.15) is 4.98 Å². The molecule has 0 radical (unpaired) electrons. The van der Waals surface area contributed by atoms with Crippen LogP contribution < -0.4 is 11.3 Å². The number of rotatable bonds is 2. The predicted molar refractivity (Wildman–Crippen MR) is 44.6 cm³/mol. The number of hydrazine groups is 1. The molecule has 1 aliphatic rings. The van der Waals surface area contributed by atoms with E-state index >= 15 is 0 Å². The molecular formula is C7H12N4O2.